The van der Waals surface area contributed by atoms with Crippen LogP contribution < -0.4 is 9.64 Å². The van der Waals surface area contributed by atoms with Crippen molar-refractivity contribution < 1.29 is 14.3 Å². The first-order chi connectivity index (χ1) is 13.6. The van der Waals surface area contributed by atoms with Gasteiger partial charge in [-0.15, -0.1) is 0 Å². The van der Waals surface area contributed by atoms with Gasteiger partial charge in [-0.1, -0.05) is 35.1 Å². The number of fused-ring (bicyclic) bond motifs is 1. The minimum Gasteiger partial charge on any atom is -0.494 e. The summed E-state index contributed by atoms with van der Waals surface area (Å²) in [6.07, 6.45) is 1.95. The van der Waals surface area contributed by atoms with Crippen LogP contribution >= 0.6 is 45.5 Å². The number of thiazole rings is 1. The van der Waals surface area contributed by atoms with Crippen molar-refractivity contribution in [2.45, 2.75) is 18.9 Å². The molecule has 1 aromatic heterocycles. The molecule has 0 radical (unpaired) electrons. The molecule has 8 heteroatoms. The van der Waals surface area contributed by atoms with E-state index < -0.39 is 0 Å². The zero-order valence-corrected chi connectivity index (χ0v) is 18.9. The molecule has 1 atom stereocenters. The number of methoxy groups -OCH3 is 1. The second-order valence-corrected chi connectivity index (χ2v) is 9.00. The van der Waals surface area contributed by atoms with Gasteiger partial charge in [-0.25, -0.2) is 4.98 Å². The normalized spacial score (nSPS) is 16.5. The van der Waals surface area contributed by atoms with Crippen LogP contribution in [0.5, 0.6) is 5.75 Å². The van der Waals surface area contributed by atoms with Gasteiger partial charge in [0.1, 0.15) is 11.3 Å². The summed E-state index contributed by atoms with van der Waals surface area (Å²) in [6, 6.07) is 11.1. The minimum absolute atomic E-state index is 0.00898. The van der Waals surface area contributed by atoms with E-state index in [1.54, 1.807) is 24.1 Å². The summed E-state index contributed by atoms with van der Waals surface area (Å²) in [7, 11) is 1.60. The first-order valence-corrected chi connectivity index (χ1v) is 11.2. The van der Waals surface area contributed by atoms with Gasteiger partial charge in [-0.2, -0.15) is 0 Å². The Bertz CT molecular complexity index is 1020. The Morgan fingerprint density at radius 1 is 1.39 bits per heavy atom. The summed E-state index contributed by atoms with van der Waals surface area (Å²) in [6.45, 7) is 1.19. The maximum Gasteiger partial charge on any atom is 0.261 e. The Kier molecular flexibility index (Phi) is 6.05. The average Bonchev–Trinajstić information content (AvgIpc) is 3.36. The van der Waals surface area contributed by atoms with Crippen LogP contribution in [0, 0.1) is 3.57 Å². The lowest BCUT2D eigenvalue weighted by Crippen LogP contribution is -2.37. The molecular formula is C20H18ClIN2O3S. The Labute approximate surface area is 185 Å². The molecule has 0 bridgehead atoms. The third-order valence-electron chi connectivity index (χ3n) is 4.66. The van der Waals surface area contributed by atoms with Gasteiger partial charge in [-0.05, 0) is 59.7 Å². The van der Waals surface area contributed by atoms with Gasteiger partial charge in [0, 0.05) is 10.2 Å². The SMILES string of the molecule is COc1ccc(Cl)c2sc(N(CC3CCCO3)C(=O)c3ccccc3I)nc12. The third kappa shape index (κ3) is 3.85. The topological polar surface area (TPSA) is 51.7 Å². The van der Waals surface area contributed by atoms with Crippen molar-refractivity contribution in [1.29, 1.82) is 0 Å². The molecule has 1 aliphatic rings. The second-order valence-electron chi connectivity index (χ2n) is 6.45. The van der Waals surface area contributed by atoms with Crippen LogP contribution in [0.15, 0.2) is 36.4 Å². The first-order valence-electron chi connectivity index (χ1n) is 8.89. The van der Waals surface area contributed by atoms with Crippen molar-refractivity contribution in [2.24, 2.45) is 0 Å². The zero-order chi connectivity index (χ0) is 19.7. The van der Waals surface area contributed by atoms with Crippen molar-refractivity contribution in [1.82, 2.24) is 4.98 Å². The summed E-state index contributed by atoms with van der Waals surface area (Å²) < 4.78 is 12.9. The maximum atomic E-state index is 13.4. The Morgan fingerprint density at radius 2 is 2.21 bits per heavy atom. The van der Waals surface area contributed by atoms with E-state index in [1.165, 1.54) is 11.3 Å². The van der Waals surface area contributed by atoms with E-state index >= 15 is 0 Å². The lowest BCUT2D eigenvalue weighted by molar-refractivity contribution is 0.0916. The highest BCUT2D eigenvalue weighted by molar-refractivity contribution is 14.1. The molecule has 2 aromatic carbocycles. The number of aromatic nitrogens is 1. The molecule has 1 amide bonds. The van der Waals surface area contributed by atoms with Crippen molar-refractivity contribution in [3.8, 4) is 5.75 Å². The van der Waals surface area contributed by atoms with E-state index in [9.17, 15) is 4.79 Å². The summed E-state index contributed by atoms with van der Waals surface area (Å²) >= 11 is 9.97. The minimum atomic E-state index is -0.0883. The summed E-state index contributed by atoms with van der Waals surface area (Å²) in [5.74, 6) is 0.551. The number of ether oxygens (including phenoxy) is 2. The van der Waals surface area contributed by atoms with Gasteiger partial charge < -0.3 is 9.47 Å². The quantitative estimate of drug-likeness (QED) is 0.417. The third-order valence-corrected chi connectivity index (χ3v) is 7.14. The molecule has 146 valence electrons. The van der Waals surface area contributed by atoms with E-state index in [2.05, 4.69) is 22.6 Å². The number of rotatable bonds is 5. The number of anilines is 1. The highest BCUT2D eigenvalue weighted by Gasteiger charge is 2.28. The van der Waals surface area contributed by atoms with Gasteiger partial charge in [0.25, 0.3) is 5.91 Å². The van der Waals surface area contributed by atoms with E-state index in [1.807, 2.05) is 24.3 Å². The molecule has 1 aliphatic heterocycles. The van der Waals surface area contributed by atoms with Crippen molar-refractivity contribution in [2.75, 3.05) is 25.2 Å². The summed E-state index contributed by atoms with van der Waals surface area (Å²) in [5, 5.41) is 1.19. The lowest BCUT2D eigenvalue weighted by atomic mass is 10.2. The molecule has 3 aromatic rings. The molecule has 0 N–H and O–H groups in total. The number of nitrogens with zero attached hydrogens (tertiary/aromatic N) is 2. The Balaban J connectivity index is 1.79. The zero-order valence-electron chi connectivity index (χ0n) is 15.2. The number of halogens is 2. The summed E-state index contributed by atoms with van der Waals surface area (Å²) in [4.78, 5) is 19.9. The van der Waals surface area contributed by atoms with Gasteiger partial charge in [0.05, 0.1) is 35.0 Å². The van der Waals surface area contributed by atoms with Crippen LogP contribution in [0.2, 0.25) is 5.02 Å². The number of carbonyl (C=O) groups excluding carboxylic acids is 1. The molecule has 4 rings (SSSR count). The van der Waals surface area contributed by atoms with E-state index in [4.69, 9.17) is 26.1 Å². The van der Waals surface area contributed by atoms with E-state index in [0.29, 0.717) is 33.5 Å². The molecule has 28 heavy (non-hydrogen) atoms. The van der Waals surface area contributed by atoms with Crippen LogP contribution in [-0.2, 0) is 4.74 Å². The Morgan fingerprint density at radius 3 is 2.93 bits per heavy atom. The molecule has 1 unspecified atom stereocenters. The largest absolute Gasteiger partial charge is 0.494 e. The molecule has 0 spiro atoms. The number of amides is 1. The van der Waals surface area contributed by atoms with Crippen LogP contribution in [0.25, 0.3) is 10.2 Å². The fraction of sp³-hybridized carbons (Fsp3) is 0.300. The van der Waals surface area contributed by atoms with Crippen LogP contribution in [0.3, 0.4) is 0 Å². The highest BCUT2D eigenvalue weighted by atomic mass is 127. The van der Waals surface area contributed by atoms with E-state index in [0.717, 1.165) is 27.7 Å². The molecule has 0 saturated carbocycles. The number of hydrogen-bond donors (Lipinski definition) is 0. The van der Waals surface area contributed by atoms with Crippen LogP contribution in [-0.4, -0.2) is 37.3 Å². The number of hydrogen-bond acceptors (Lipinski definition) is 5. The maximum absolute atomic E-state index is 13.4. The molecule has 1 saturated heterocycles. The lowest BCUT2D eigenvalue weighted by Gasteiger charge is -2.23. The van der Waals surface area contributed by atoms with Crippen molar-refractivity contribution >= 4 is 66.8 Å². The number of benzene rings is 2. The molecule has 5 nitrogen and oxygen atoms in total. The Hall–Kier alpha value is -1.42. The summed E-state index contributed by atoms with van der Waals surface area (Å²) in [5.41, 5.74) is 1.32. The number of carbonyl (C=O) groups is 1. The standard InChI is InChI=1S/C20H18ClIN2O3S/c1-26-16-9-8-14(21)18-17(16)23-20(28-18)24(11-12-5-4-10-27-12)19(25)13-6-2-3-7-15(13)22/h2-3,6-9,12H,4-5,10-11H2,1H3. The molecule has 2 heterocycles. The smallest absolute Gasteiger partial charge is 0.261 e. The average molecular weight is 529 g/mol. The van der Waals surface area contributed by atoms with Crippen LogP contribution in [0.1, 0.15) is 23.2 Å². The second kappa shape index (κ2) is 8.52. The van der Waals surface area contributed by atoms with Crippen molar-refractivity contribution in [3.05, 3.63) is 50.6 Å². The fourth-order valence-corrected chi connectivity index (χ4v) is 5.12. The van der Waals surface area contributed by atoms with Gasteiger partial charge >= 0.3 is 0 Å². The first kappa shape index (κ1) is 19.9. The molecular weight excluding hydrogens is 511 g/mol. The highest BCUT2D eigenvalue weighted by Crippen LogP contribution is 2.39. The predicted molar refractivity (Wildman–Crippen MR) is 121 cm³/mol. The molecule has 1 fully saturated rings. The molecule has 0 aliphatic carbocycles. The van der Waals surface area contributed by atoms with Crippen molar-refractivity contribution in [3.63, 3.8) is 0 Å². The van der Waals surface area contributed by atoms with E-state index in [-0.39, 0.29) is 12.0 Å². The van der Waals surface area contributed by atoms with Crippen LogP contribution in [0.4, 0.5) is 5.13 Å². The van der Waals surface area contributed by atoms with Gasteiger partial charge in [-0.3, -0.25) is 9.69 Å². The fourth-order valence-electron chi connectivity index (χ4n) is 3.24. The van der Waals surface area contributed by atoms with Gasteiger partial charge in [0.2, 0.25) is 0 Å². The predicted octanol–water partition coefficient (Wildman–Crippen LogP) is 5.39. The monoisotopic (exact) mass is 528 g/mol. The van der Waals surface area contributed by atoms with Gasteiger partial charge in [0.15, 0.2) is 5.13 Å².